The first-order valence-electron chi connectivity index (χ1n) is 12.1. The Hall–Kier alpha value is -1.91. The van der Waals surface area contributed by atoms with E-state index in [2.05, 4.69) is 57.3 Å². The maximum atomic E-state index is 4.82. The lowest BCUT2D eigenvalue weighted by Crippen LogP contribution is -2.49. The van der Waals surface area contributed by atoms with Crippen molar-refractivity contribution in [2.24, 2.45) is 0 Å². The van der Waals surface area contributed by atoms with Gasteiger partial charge in [-0.25, -0.2) is 4.98 Å². The van der Waals surface area contributed by atoms with Crippen molar-refractivity contribution >= 4 is 5.82 Å². The lowest BCUT2D eigenvalue weighted by molar-refractivity contribution is 0.187. The van der Waals surface area contributed by atoms with Crippen LogP contribution < -0.4 is 4.90 Å². The zero-order valence-electron chi connectivity index (χ0n) is 18.3. The summed E-state index contributed by atoms with van der Waals surface area (Å²) >= 11 is 0. The van der Waals surface area contributed by atoms with Crippen LogP contribution in [0.3, 0.4) is 0 Å². The fourth-order valence-electron chi connectivity index (χ4n) is 5.51. The number of hydrogen-bond donors (Lipinski definition) is 0. The SMILES string of the molecule is c1cc(-c2ccc(N3CCN(C4CCCC4)CC3)nc2)ccc1CN1CCCCC1. The Morgan fingerprint density at radius 2 is 1.40 bits per heavy atom. The number of rotatable bonds is 5. The first-order chi connectivity index (χ1) is 14.8. The minimum atomic E-state index is 0.848. The number of aromatic nitrogens is 1. The number of anilines is 1. The molecule has 0 unspecified atom stereocenters. The van der Waals surface area contributed by atoms with Crippen molar-refractivity contribution in [3.05, 3.63) is 48.2 Å². The van der Waals surface area contributed by atoms with Crippen LogP contribution in [0.1, 0.15) is 50.5 Å². The van der Waals surface area contributed by atoms with Gasteiger partial charge >= 0.3 is 0 Å². The molecule has 0 atom stereocenters. The van der Waals surface area contributed by atoms with Crippen molar-refractivity contribution in [2.75, 3.05) is 44.2 Å². The maximum Gasteiger partial charge on any atom is 0.128 e. The van der Waals surface area contributed by atoms with Crippen molar-refractivity contribution in [3.8, 4) is 11.1 Å². The molecule has 5 rings (SSSR count). The lowest BCUT2D eigenvalue weighted by Gasteiger charge is -2.38. The molecule has 30 heavy (non-hydrogen) atoms. The molecule has 4 nitrogen and oxygen atoms in total. The third-order valence-corrected chi connectivity index (χ3v) is 7.37. The topological polar surface area (TPSA) is 22.6 Å². The molecule has 0 spiro atoms. The summed E-state index contributed by atoms with van der Waals surface area (Å²) in [7, 11) is 0. The minimum Gasteiger partial charge on any atom is -0.354 e. The molecule has 3 aliphatic rings. The van der Waals surface area contributed by atoms with Crippen LogP contribution in [0.15, 0.2) is 42.6 Å². The highest BCUT2D eigenvalue weighted by Gasteiger charge is 2.26. The molecule has 1 saturated carbocycles. The molecule has 3 fully saturated rings. The molecule has 160 valence electrons. The number of piperazine rings is 1. The van der Waals surface area contributed by atoms with Crippen molar-refractivity contribution in [2.45, 2.75) is 57.5 Å². The molecular formula is C26H36N4. The van der Waals surface area contributed by atoms with Crippen LogP contribution in [0.2, 0.25) is 0 Å². The molecule has 1 aromatic heterocycles. The molecule has 4 heteroatoms. The molecular weight excluding hydrogens is 368 g/mol. The third kappa shape index (κ3) is 4.70. The average Bonchev–Trinajstić information content (AvgIpc) is 3.36. The Morgan fingerprint density at radius 1 is 0.700 bits per heavy atom. The largest absolute Gasteiger partial charge is 0.354 e. The van der Waals surface area contributed by atoms with Gasteiger partial charge in [-0.1, -0.05) is 43.5 Å². The second kappa shape index (κ2) is 9.49. The average molecular weight is 405 g/mol. The highest BCUT2D eigenvalue weighted by atomic mass is 15.3. The first kappa shape index (κ1) is 20.0. The van der Waals surface area contributed by atoms with Crippen molar-refractivity contribution in [1.82, 2.24) is 14.8 Å². The van der Waals surface area contributed by atoms with E-state index in [1.165, 1.54) is 87.8 Å². The van der Waals surface area contributed by atoms with E-state index in [1.807, 2.05) is 0 Å². The van der Waals surface area contributed by atoms with Gasteiger partial charge in [0.05, 0.1) is 0 Å². The fourth-order valence-corrected chi connectivity index (χ4v) is 5.51. The molecule has 0 radical (unpaired) electrons. The van der Waals surface area contributed by atoms with E-state index < -0.39 is 0 Å². The van der Waals surface area contributed by atoms with Gasteiger partial charge < -0.3 is 4.90 Å². The Bertz CT molecular complexity index is 781. The van der Waals surface area contributed by atoms with Crippen LogP contribution in [0, 0.1) is 0 Å². The smallest absolute Gasteiger partial charge is 0.128 e. The molecule has 3 heterocycles. The van der Waals surface area contributed by atoms with Gasteiger partial charge in [0.15, 0.2) is 0 Å². The Labute approximate surface area is 181 Å². The van der Waals surface area contributed by atoms with Gasteiger partial charge in [0, 0.05) is 50.5 Å². The van der Waals surface area contributed by atoms with Gasteiger partial charge in [-0.2, -0.15) is 0 Å². The molecule has 0 bridgehead atoms. The summed E-state index contributed by atoms with van der Waals surface area (Å²) < 4.78 is 0. The molecule has 0 N–H and O–H groups in total. The molecule has 2 aliphatic heterocycles. The second-order valence-corrected chi connectivity index (χ2v) is 9.40. The van der Waals surface area contributed by atoms with E-state index in [1.54, 1.807) is 0 Å². The monoisotopic (exact) mass is 404 g/mol. The summed E-state index contributed by atoms with van der Waals surface area (Å²) in [5, 5.41) is 0. The van der Waals surface area contributed by atoms with Gasteiger partial charge in [0.2, 0.25) is 0 Å². The lowest BCUT2D eigenvalue weighted by atomic mass is 10.0. The predicted octanol–water partition coefficient (Wildman–Crippen LogP) is 4.80. The summed E-state index contributed by atoms with van der Waals surface area (Å²) in [6, 6.07) is 14.4. The minimum absolute atomic E-state index is 0.848. The van der Waals surface area contributed by atoms with E-state index in [4.69, 9.17) is 4.98 Å². The van der Waals surface area contributed by atoms with Crippen LogP contribution in [-0.2, 0) is 6.54 Å². The quantitative estimate of drug-likeness (QED) is 0.714. The number of piperidine rings is 1. The van der Waals surface area contributed by atoms with Crippen molar-refractivity contribution < 1.29 is 0 Å². The Balaban J connectivity index is 1.17. The number of pyridine rings is 1. The Kier molecular flexibility index (Phi) is 6.33. The van der Waals surface area contributed by atoms with E-state index in [9.17, 15) is 0 Å². The third-order valence-electron chi connectivity index (χ3n) is 7.37. The van der Waals surface area contributed by atoms with Crippen LogP contribution in [0.5, 0.6) is 0 Å². The molecule has 2 saturated heterocycles. The molecule has 2 aromatic rings. The number of nitrogens with zero attached hydrogens (tertiary/aromatic N) is 4. The van der Waals surface area contributed by atoms with Crippen molar-refractivity contribution in [3.63, 3.8) is 0 Å². The summed E-state index contributed by atoms with van der Waals surface area (Å²) in [6.45, 7) is 8.18. The molecule has 0 amide bonds. The highest BCUT2D eigenvalue weighted by Crippen LogP contribution is 2.26. The normalized spacial score (nSPS) is 21.9. The van der Waals surface area contributed by atoms with Gasteiger partial charge in [-0.3, -0.25) is 9.80 Å². The van der Waals surface area contributed by atoms with E-state index >= 15 is 0 Å². The fraction of sp³-hybridized carbons (Fsp3) is 0.577. The molecule has 1 aromatic carbocycles. The zero-order valence-corrected chi connectivity index (χ0v) is 18.3. The molecule has 1 aliphatic carbocycles. The Morgan fingerprint density at radius 3 is 2.07 bits per heavy atom. The van der Waals surface area contributed by atoms with Gasteiger partial charge in [0.25, 0.3) is 0 Å². The van der Waals surface area contributed by atoms with Crippen LogP contribution >= 0.6 is 0 Å². The number of hydrogen-bond acceptors (Lipinski definition) is 4. The summed E-state index contributed by atoms with van der Waals surface area (Å²) in [6.07, 6.45) is 11.8. The standard InChI is InChI=1S/C26H36N4/c1-4-14-28(15-5-1)21-22-8-10-23(11-9-22)24-12-13-26(27-20-24)30-18-16-29(17-19-30)25-6-2-3-7-25/h8-13,20,25H,1-7,14-19,21H2. The van der Waals surface area contributed by atoms with Crippen LogP contribution in [0.4, 0.5) is 5.82 Å². The highest BCUT2D eigenvalue weighted by molar-refractivity contribution is 5.64. The van der Waals surface area contributed by atoms with Crippen LogP contribution in [0.25, 0.3) is 11.1 Å². The predicted molar refractivity (Wildman–Crippen MR) is 125 cm³/mol. The van der Waals surface area contributed by atoms with Gasteiger partial charge in [0.1, 0.15) is 5.82 Å². The first-order valence-corrected chi connectivity index (χ1v) is 12.1. The van der Waals surface area contributed by atoms with E-state index in [0.717, 1.165) is 31.5 Å². The summed E-state index contributed by atoms with van der Waals surface area (Å²) in [5.41, 5.74) is 3.90. The summed E-state index contributed by atoms with van der Waals surface area (Å²) in [4.78, 5) is 12.6. The second-order valence-electron chi connectivity index (χ2n) is 9.40. The van der Waals surface area contributed by atoms with Gasteiger partial charge in [-0.05, 0) is 62.0 Å². The van der Waals surface area contributed by atoms with Crippen molar-refractivity contribution in [1.29, 1.82) is 0 Å². The van der Waals surface area contributed by atoms with E-state index in [0.29, 0.717) is 0 Å². The van der Waals surface area contributed by atoms with Crippen LogP contribution in [-0.4, -0.2) is 60.1 Å². The summed E-state index contributed by atoms with van der Waals surface area (Å²) in [5.74, 6) is 1.13. The zero-order chi connectivity index (χ0) is 20.2. The number of likely N-dealkylation sites (tertiary alicyclic amines) is 1. The number of benzene rings is 1. The van der Waals surface area contributed by atoms with E-state index in [-0.39, 0.29) is 0 Å². The maximum absolute atomic E-state index is 4.82. The van der Waals surface area contributed by atoms with Gasteiger partial charge in [-0.15, -0.1) is 0 Å².